The van der Waals surface area contributed by atoms with Crippen molar-refractivity contribution < 1.29 is 4.74 Å². The summed E-state index contributed by atoms with van der Waals surface area (Å²) in [5.74, 6) is 1.36. The van der Waals surface area contributed by atoms with Gasteiger partial charge in [-0.05, 0) is 54.5 Å². The van der Waals surface area contributed by atoms with Crippen LogP contribution in [0.15, 0.2) is 30.5 Å². The zero-order chi connectivity index (χ0) is 13.9. The number of aryl methyl sites for hydroxylation is 2. The molecule has 1 aromatic carbocycles. The number of pyridine rings is 1. The van der Waals surface area contributed by atoms with Crippen LogP contribution in [0.1, 0.15) is 29.5 Å². The lowest BCUT2D eigenvalue weighted by atomic mass is 9.92. The highest BCUT2D eigenvalue weighted by atomic mass is 35.5. The minimum absolute atomic E-state index is 0.377. The quantitative estimate of drug-likeness (QED) is 0.933. The second-order valence-corrected chi connectivity index (χ2v) is 5.46. The zero-order valence-corrected chi connectivity index (χ0v) is 12.0. The molecule has 1 aromatic heterocycles. The largest absolute Gasteiger partial charge is 0.439 e. The number of ether oxygens (including phenoxy) is 1. The standard InChI is InChI=1S/C16H17ClN2O/c17-15-10-19-16(8-13(15)9-18)20-14-6-5-11-3-1-2-4-12(11)7-14/h5-8,10H,1-4,9,18H2. The molecule has 1 aliphatic rings. The van der Waals surface area contributed by atoms with Crippen molar-refractivity contribution in [1.82, 2.24) is 4.98 Å². The van der Waals surface area contributed by atoms with Crippen LogP contribution in [-0.2, 0) is 19.4 Å². The van der Waals surface area contributed by atoms with Gasteiger partial charge in [0.2, 0.25) is 5.88 Å². The van der Waals surface area contributed by atoms with Crippen molar-refractivity contribution in [2.24, 2.45) is 5.73 Å². The Morgan fingerprint density at radius 2 is 1.95 bits per heavy atom. The van der Waals surface area contributed by atoms with Crippen molar-refractivity contribution >= 4 is 11.6 Å². The number of nitrogens with zero attached hydrogens (tertiary/aromatic N) is 1. The van der Waals surface area contributed by atoms with E-state index in [1.165, 1.54) is 30.4 Å². The Balaban J connectivity index is 1.84. The molecule has 0 saturated heterocycles. The van der Waals surface area contributed by atoms with Crippen molar-refractivity contribution in [3.63, 3.8) is 0 Å². The molecular weight excluding hydrogens is 272 g/mol. The molecule has 2 aromatic rings. The third-order valence-corrected chi connectivity index (χ3v) is 4.01. The molecule has 0 bridgehead atoms. The van der Waals surface area contributed by atoms with Gasteiger partial charge in [0.15, 0.2) is 0 Å². The molecule has 20 heavy (non-hydrogen) atoms. The highest BCUT2D eigenvalue weighted by Gasteiger charge is 2.11. The third kappa shape index (κ3) is 2.79. The van der Waals surface area contributed by atoms with E-state index in [9.17, 15) is 0 Å². The smallest absolute Gasteiger partial charge is 0.219 e. The van der Waals surface area contributed by atoms with Crippen LogP contribution in [0.3, 0.4) is 0 Å². The van der Waals surface area contributed by atoms with Crippen molar-refractivity contribution in [2.45, 2.75) is 32.2 Å². The van der Waals surface area contributed by atoms with Gasteiger partial charge in [0, 0.05) is 18.8 Å². The van der Waals surface area contributed by atoms with E-state index in [0.717, 1.165) is 17.7 Å². The van der Waals surface area contributed by atoms with Crippen molar-refractivity contribution in [2.75, 3.05) is 0 Å². The van der Waals surface area contributed by atoms with Gasteiger partial charge in [0.25, 0.3) is 0 Å². The Kier molecular flexibility index (Phi) is 3.90. The summed E-state index contributed by atoms with van der Waals surface area (Å²) < 4.78 is 5.82. The summed E-state index contributed by atoms with van der Waals surface area (Å²) in [6.07, 6.45) is 6.43. The van der Waals surface area contributed by atoms with Gasteiger partial charge in [-0.3, -0.25) is 0 Å². The van der Waals surface area contributed by atoms with Crippen LogP contribution < -0.4 is 10.5 Å². The summed E-state index contributed by atoms with van der Waals surface area (Å²) in [6.45, 7) is 0.377. The Hall–Kier alpha value is -1.58. The SMILES string of the molecule is NCc1cc(Oc2ccc3c(c2)CCCC3)ncc1Cl. The fourth-order valence-corrected chi connectivity index (χ4v) is 2.75. The maximum Gasteiger partial charge on any atom is 0.219 e. The summed E-state index contributed by atoms with van der Waals surface area (Å²) in [5, 5.41) is 0.574. The molecule has 0 unspecified atom stereocenters. The van der Waals surface area contributed by atoms with Crippen LogP contribution in [0.4, 0.5) is 0 Å². The fraction of sp³-hybridized carbons (Fsp3) is 0.312. The van der Waals surface area contributed by atoms with Gasteiger partial charge in [0.1, 0.15) is 5.75 Å². The summed E-state index contributed by atoms with van der Waals surface area (Å²) >= 11 is 6.00. The van der Waals surface area contributed by atoms with Crippen LogP contribution in [-0.4, -0.2) is 4.98 Å². The zero-order valence-electron chi connectivity index (χ0n) is 11.2. The maximum absolute atomic E-state index is 6.00. The third-order valence-electron chi connectivity index (χ3n) is 3.67. The molecule has 2 N–H and O–H groups in total. The molecule has 3 rings (SSSR count). The average Bonchev–Trinajstić information content (AvgIpc) is 2.49. The van der Waals surface area contributed by atoms with Gasteiger partial charge < -0.3 is 10.5 Å². The van der Waals surface area contributed by atoms with Gasteiger partial charge in [-0.2, -0.15) is 0 Å². The van der Waals surface area contributed by atoms with Crippen molar-refractivity contribution in [1.29, 1.82) is 0 Å². The number of benzene rings is 1. The lowest BCUT2D eigenvalue weighted by molar-refractivity contribution is 0.460. The Morgan fingerprint density at radius 3 is 2.75 bits per heavy atom. The Labute approximate surface area is 123 Å². The molecule has 0 radical (unpaired) electrons. The molecule has 0 atom stereocenters. The van der Waals surface area contributed by atoms with E-state index in [1.54, 1.807) is 12.3 Å². The first-order chi connectivity index (χ1) is 9.76. The Bertz CT molecular complexity index is 628. The lowest BCUT2D eigenvalue weighted by Gasteiger charge is -2.16. The number of hydrogen-bond donors (Lipinski definition) is 1. The fourth-order valence-electron chi connectivity index (χ4n) is 2.56. The number of nitrogens with two attached hydrogens (primary N) is 1. The number of aromatic nitrogens is 1. The molecule has 3 nitrogen and oxygen atoms in total. The van der Waals surface area contributed by atoms with Gasteiger partial charge in [-0.1, -0.05) is 17.7 Å². The van der Waals surface area contributed by atoms with Gasteiger partial charge in [-0.25, -0.2) is 4.98 Å². The van der Waals surface area contributed by atoms with Crippen LogP contribution in [0.2, 0.25) is 5.02 Å². The second-order valence-electron chi connectivity index (χ2n) is 5.06. The first kappa shape index (κ1) is 13.4. The van der Waals surface area contributed by atoms with Crippen molar-refractivity contribution in [3.8, 4) is 11.6 Å². The van der Waals surface area contributed by atoms with E-state index < -0.39 is 0 Å². The van der Waals surface area contributed by atoms with E-state index in [1.807, 2.05) is 6.07 Å². The van der Waals surface area contributed by atoms with E-state index in [2.05, 4.69) is 17.1 Å². The number of fused-ring (bicyclic) bond motifs is 1. The van der Waals surface area contributed by atoms with Crippen LogP contribution in [0.5, 0.6) is 11.6 Å². The monoisotopic (exact) mass is 288 g/mol. The predicted octanol–water partition coefficient (Wildman–Crippen LogP) is 3.86. The minimum Gasteiger partial charge on any atom is -0.439 e. The molecule has 0 saturated carbocycles. The topological polar surface area (TPSA) is 48.1 Å². The number of hydrogen-bond acceptors (Lipinski definition) is 3. The summed E-state index contributed by atoms with van der Waals surface area (Å²) in [5.41, 5.74) is 9.31. The van der Waals surface area contributed by atoms with E-state index >= 15 is 0 Å². The van der Waals surface area contributed by atoms with Crippen LogP contribution in [0.25, 0.3) is 0 Å². The van der Waals surface area contributed by atoms with E-state index in [0.29, 0.717) is 17.4 Å². The highest BCUT2D eigenvalue weighted by molar-refractivity contribution is 6.31. The summed E-state index contributed by atoms with van der Waals surface area (Å²) in [7, 11) is 0. The molecule has 0 amide bonds. The first-order valence-electron chi connectivity index (χ1n) is 6.90. The van der Waals surface area contributed by atoms with Crippen LogP contribution in [0, 0.1) is 0 Å². The normalized spacial score (nSPS) is 13.9. The second kappa shape index (κ2) is 5.81. The molecule has 104 valence electrons. The first-order valence-corrected chi connectivity index (χ1v) is 7.28. The molecular formula is C16H17ClN2O. The summed E-state index contributed by atoms with van der Waals surface area (Å²) in [6, 6.07) is 8.07. The number of rotatable bonds is 3. The molecule has 0 aliphatic heterocycles. The van der Waals surface area contributed by atoms with E-state index in [-0.39, 0.29) is 0 Å². The molecule has 4 heteroatoms. The molecule has 0 fully saturated rings. The predicted molar refractivity (Wildman–Crippen MR) is 80.3 cm³/mol. The number of halogens is 1. The van der Waals surface area contributed by atoms with Crippen LogP contribution >= 0.6 is 11.6 Å². The highest BCUT2D eigenvalue weighted by Crippen LogP contribution is 2.28. The molecule has 1 heterocycles. The molecule has 0 spiro atoms. The Morgan fingerprint density at radius 1 is 1.15 bits per heavy atom. The lowest BCUT2D eigenvalue weighted by Crippen LogP contribution is -2.03. The summed E-state index contributed by atoms with van der Waals surface area (Å²) in [4.78, 5) is 4.18. The van der Waals surface area contributed by atoms with Gasteiger partial charge >= 0.3 is 0 Å². The van der Waals surface area contributed by atoms with Crippen molar-refractivity contribution in [3.05, 3.63) is 52.2 Å². The van der Waals surface area contributed by atoms with Gasteiger partial charge in [-0.15, -0.1) is 0 Å². The van der Waals surface area contributed by atoms with Gasteiger partial charge in [0.05, 0.1) is 5.02 Å². The minimum atomic E-state index is 0.377. The molecule has 1 aliphatic carbocycles. The van der Waals surface area contributed by atoms with E-state index in [4.69, 9.17) is 22.1 Å². The average molecular weight is 289 g/mol. The maximum atomic E-state index is 6.00.